The molecule has 186 valence electrons. The van der Waals surface area contributed by atoms with Crippen LogP contribution in [0.1, 0.15) is 31.7 Å². The van der Waals surface area contributed by atoms with Crippen LogP contribution >= 0.6 is 11.6 Å². The van der Waals surface area contributed by atoms with Crippen molar-refractivity contribution in [2.75, 3.05) is 31.2 Å². The number of anilines is 1. The van der Waals surface area contributed by atoms with Crippen LogP contribution < -0.4 is 4.90 Å². The lowest BCUT2D eigenvalue weighted by molar-refractivity contribution is 0.122. The molecule has 1 fully saturated rings. The fraction of sp³-hybridized carbons (Fsp3) is 0.296. The van der Waals surface area contributed by atoms with Crippen LogP contribution in [0.15, 0.2) is 52.2 Å². The lowest BCUT2D eigenvalue weighted by Gasteiger charge is -2.29. The Labute approximate surface area is 213 Å². The zero-order valence-electron chi connectivity index (χ0n) is 20.3. The van der Waals surface area contributed by atoms with Crippen LogP contribution in [0.5, 0.6) is 0 Å². The largest absolute Gasteiger partial charge is 0.444 e. The van der Waals surface area contributed by atoms with E-state index in [9.17, 15) is 4.39 Å². The number of aromatic nitrogens is 3. The molecule has 1 aliphatic rings. The van der Waals surface area contributed by atoms with E-state index in [4.69, 9.17) is 25.7 Å². The van der Waals surface area contributed by atoms with Crippen molar-refractivity contribution in [3.8, 4) is 11.5 Å². The maximum absolute atomic E-state index is 14.6. The smallest absolute Gasteiger partial charge is 0.228 e. The van der Waals surface area contributed by atoms with Crippen molar-refractivity contribution in [1.29, 1.82) is 0 Å². The number of morpholine rings is 1. The molecular weight excluding hydrogens is 481 g/mol. The molecule has 0 spiro atoms. The predicted molar refractivity (Wildman–Crippen MR) is 142 cm³/mol. The quantitative estimate of drug-likeness (QED) is 0.266. The number of rotatable bonds is 7. The number of nitrogens with zero attached hydrogens (tertiary/aromatic N) is 5. The summed E-state index contributed by atoms with van der Waals surface area (Å²) in [6, 6.07) is 6.87. The van der Waals surface area contributed by atoms with E-state index in [-0.39, 0.29) is 5.02 Å². The van der Waals surface area contributed by atoms with Crippen molar-refractivity contribution in [2.45, 2.75) is 26.7 Å². The molecule has 0 saturated carbocycles. The van der Waals surface area contributed by atoms with E-state index >= 15 is 0 Å². The van der Waals surface area contributed by atoms with Crippen LogP contribution in [-0.2, 0) is 11.2 Å². The van der Waals surface area contributed by atoms with Gasteiger partial charge in [-0.1, -0.05) is 24.6 Å². The van der Waals surface area contributed by atoms with Crippen molar-refractivity contribution in [3.05, 3.63) is 65.0 Å². The molecular formula is C27H27ClFN5O2. The Hall–Kier alpha value is -3.49. The lowest BCUT2D eigenvalue weighted by Crippen LogP contribution is -2.36. The third-order valence-corrected chi connectivity index (χ3v) is 6.59. The Morgan fingerprint density at radius 3 is 2.72 bits per heavy atom. The molecule has 0 bridgehead atoms. The van der Waals surface area contributed by atoms with E-state index in [2.05, 4.69) is 45.2 Å². The van der Waals surface area contributed by atoms with Crippen LogP contribution in [0.4, 0.5) is 15.8 Å². The van der Waals surface area contributed by atoms with E-state index in [1.54, 1.807) is 12.5 Å². The second kappa shape index (κ2) is 10.2. The number of hydrogen-bond acceptors (Lipinski definition) is 6. The molecule has 1 aliphatic heterocycles. The van der Waals surface area contributed by atoms with Crippen LogP contribution in [0, 0.1) is 5.82 Å². The Bertz CT molecular complexity index is 1440. The van der Waals surface area contributed by atoms with E-state index in [1.807, 2.05) is 13.0 Å². The fourth-order valence-corrected chi connectivity index (χ4v) is 4.99. The summed E-state index contributed by atoms with van der Waals surface area (Å²) in [5.74, 6) is 0.882. The first-order valence-electron chi connectivity index (χ1n) is 12.0. The molecule has 1 saturated heterocycles. The standard InChI is InChI=1S/C27H27ClFN5O2/c1-4-6-24-32-26-20(27-31-7-10-36-27)15-18(33-8-11-35-12-9-33)16-23(26)34(24)22(5-2)19-13-17(29)14-21(28)25(19)30-3/h5,7,10,13-16H,3-4,6,8-9,11-12H2,1-2H3/b22-5+. The number of allylic oxidation sites excluding steroid dienone is 1. The minimum absolute atomic E-state index is 0.204. The minimum atomic E-state index is -0.447. The molecule has 0 N–H and O–H groups in total. The van der Waals surface area contributed by atoms with E-state index in [1.165, 1.54) is 12.1 Å². The molecule has 7 nitrogen and oxygen atoms in total. The molecule has 3 heterocycles. The van der Waals surface area contributed by atoms with Crippen molar-refractivity contribution >= 4 is 46.4 Å². The molecule has 0 radical (unpaired) electrons. The van der Waals surface area contributed by atoms with Crippen molar-refractivity contribution in [1.82, 2.24) is 14.5 Å². The van der Waals surface area contributed by atoms with Crippen LogP contribution in [0.3, 0.4) is 0 Å². The van der Waals surface area contributed by atoms with Gasteiger partial charge in [0, 0.05) is 30.8 Å². The Balaban J connectivity index is 1.82. The number of benzene rings is 2. The van der Waals surface area contributed by atoms with Gasteiger partial charge in [0.25, 0.3) is 0 Å². The van der Waals surface area contributed by atoms with Gasteiger partial charge in [-0.3, -0.25) is 9.56 Å². The molecule has 4 aromatic rings. The SMILES string of the molecule is C=Nc1c(Cl)cc(F)cc1/C(=C\C)n1c(CCC)nc2c(-c3ncco3)cc(N3CCOCC3)cc21. The highest BCUT2D eigenvalue weighted by molar-refractivity contribution is 6.33. The van der Waals surface area contributed by atoms with E-state index in [0.717, 1.165) is 53.3 Å². The van der Waals surface area contributed by atoms with E-state index in [0.29, 0.717) is 36.8 Å². The maximum atomic E-state index is 14.6. The molecule has 9 heteroatoms. The number of hydrogen-bond donors (Lipinski definition) is 0. The van der Waals surface area contributed by atoms with Gasteiger partial charge in [-0.15, -0.1) is 0 Å². The van der Waals surface area contributed by atoms with Gasteiger partial charge >= 0.3 is 0 Å². The van der Waals surface area contributed by atoms with Gasteiger partial charge in [-0.05, 0) is 44.3 Å². The molecule has 0 amide bonds. The minimum Gasteiger partial charge on any atom is -0.444 e. The number of imidazole rings is 1. The molecule has 2 aromatic carbocycles. The zero-order chi connectivity index (χ0) is 25.2. The van der Waals surface area contributed by atoms with Gasteiger partial charge in [0.15, 0.2) is 0 Å². The summed E-state index contributed by atoms with van der Waals surface area (Å²) < 4.78 is 27.9. The summed E-state index contributed by atoms with van der Waals surface area (Å²) in [5.41, 5.74) is 5.12. The summed E-state index contributed by atoms with van der Waals surface area (Å²) in [4.78, 5) is 15.9. The van der Waals surface area contributed by atoms with Gasteiger partial charge < -0.3 is 14.1 Å². The van der Waals surface area contributed by atoms with Gasteiger partial charge in [0.2, 0.25) is 5.89 Å². The highest BCUT2D eigenvalue weighted by Gasteiger charge is 2.24. The molecule has 0 atom stereocenters. The lowest BCUT2D eigenvalue weighted by atomic mass is 10.1. The number of ether oxygens (including phenoxy) is 1. The summed E-state index contributed by atoms with van der Waals surface area (Å²) in [6.07, 6.45) is 6.69. The summed E-state index contributed by atoms with van der Waals surface area (Å²) >= 11 is 6.37. The third-order valence-electron chi connectivity index (χ3n) is 6.30. The second-order valence-electron chi connectivity index (χ2n) is 8.53. The van der Waals surface area contributed by atoms with Crippen molar-refractivity contribution in [3.63, 3.8) is 0 Å². The average Bonchev–Trinajstić information content (AvgIpc) is 3.54. The maximum Gasteiger partial charge on any atom is 0.228 e. The summed E-state index contributed by atoms with van der Waals surface area (Å²) in [5, 5.41) is 0.204. The topological polar surface area (TPSA) is 68.7 Å². The van der Waals surface area contributed by atoms with Gasteiger partial charge in [0.1, 0.15) is 23.4 Å². The molecule has 36 heavy (non-hydrogen) atoms. The monoisotopic (exact) mass is 507 g/mol. The Kier molecular flexibility index (Phi) is 6.89. The van der Waals surface area contributed by atoms with Crippen molar-refractivity contribution < 1.29 is 13.5 Å². The van der Waals surface area contributed by atoms with Gasteiger partial charge in [-0.25, -0.2) is 14.4 Å². The normalized spacial score (nSPS) is 14.6. The first kappa shape index (κ1) is 24.2. The van der Waals surface area contributed by atoms with Gasteiger partial charge in [-0.2, -0.15) is 0 Å². The summed E-state index contributed by atoms with van der Waals surface area (Å²) in [6.45, 7) is 10.5. The fourth-order valence-electron chi connectivity index (χ4n) is 4.72. The van der Waals surface area contributed by atoms with Crippen molar-refractivity contribution in [2.24, 2.45) is 4.99 Å². The van der Waals surface area contributed by atoms with E-state index < -0.39 is 5.82 Å². The zero-order valence-corrected chi connectivity index (χ0v) is 21.1. The second-order valence-corrected chi connectivity index (χ2v) is 8.93. The first-order valence-corrected chi connectivity index (χ1v) is 12.3. The predicted octanol–water partition coefficient (Wildman–Crippen LogP) is 6.51. The number of aliphatic imine (C=N–C) groups is 1. The average molecular weight is 508 g/mol. The molecule has 0 unspecified atom stereocenters. The van der Waals surface area contributed by atoms with Crippen LogP contribution in [0.25, 0.3) is 28.2 Å². The molecule has 2 aromatic heterocycles. The number of fused-ring (bicyclic) bond motifs is 1. The Morgan fingerprint density at radius 1 is 1.25 bits per heavy atom. The van der Waals surface area contributed by atoms with Crippen LogP contribution in [-0.4, -0.2) is 47.6 Å². The molecule has 0 aliphatic carbocycles. The molecule has 5 rings (SSSR count). The van der Waals surface area contributed by atoms with Gasteiger partial charge in [0.05, 0.1) is 46.9 Å². The summed E-state index contributed by atoms with van der Waals surface area (Å²) in [7, 11) is 0. The highest BCUT2D eigenvalue weighted by Crippen LogP contribution is 2.40. The third kappa shape index (κ3) is 4.31. The van der Waals surface area contributed by atoms with Crippen LogP contribution in [0.2, 0.25) is 5.02 Å². The number of aryl methyl sites for hydroxylation is 1. The first-order chi connectivity index (χ1) is 17.5. The Morgan fingerprint density at radius 2 is 2.06 bits per heavy atom. The number of oxazole rings is 1. The highest BCUT2D eigenvalue weighted by atomic mass is 35.5. The number of halogens is 2.